The Morgan fingerprint density at radius 1 is 1.40 bits per heavy atom. The van der Waals surface area contributed by atoms with Gasteiger partial charge in [0.25, 0.3) is 0 Å². The summed E-state index contributed by atoms with van der Waals surface area (Å²) in [6.45, 7) is 7.79. The van der Waals surface area contributed by atoms with E-state index >= 15 is 0 Å². The van der Waals surface area contributed by atoms with Crippen molar-refractivity contribution in [1.82, 2.24) is 4.90 Å². The second kappa shape index (κ2) is 5.30. The van der Waals surface area contributed by atoms with Gasteiger partial charge in [0.05, 0.1) is 5.60 Å². The van der Waals surface area contributed by atoms with Crippen LogP contribution in [0.5, 0.6) is 0 Å². The number of ether oxygens (including phenoxy) is 1. The average Bonchev–Trinajstić information content (AvgIpc) is 2.14. The van der Waals surface area contributed by atoms with Gasteiger partial charge >= 0.3 is 0 Å². The zero-order valence-corrected chi connectivity index (χ0v) is 11.3. The lowest BCUT2D eigenvalue weighted by atomic mass is 10.1. The molecule has 15 heavy (non-hydrogen) atoms. The van der Waals surface area contributed by atoms with E-state index in [1.165, 1.54) is 0 Å². The van der Waals surface area contributed by atoms with Crippen molar-refractivity contribution in [3.63, 3.8) is 0 Å². The summed E-state index contributed by atoms with van der Waals surface area (Å²) >= 11 is 3.57. The molecule has 1 heterocycles. The van der Waals surface area contributed by atoms with Crippen LogP contribution in [-0.2, 0) is 9.53 Å². The Morgan fingerprint density at radius 2 is 1.93 bits per heavy atom. The Bertz CT molecular complexity index is 217. The van der Waals surface area contributed by atoms with Crippen molar-refractivity contribution in [2.24, 2.45) is 0 Å². The molecule has 3 nitrogen and oxygen atoms in total. The van der Waals surface area contributed by atoms with E-state index in [0.717, 1.165) is 25.9 Å². The third-order valence-corrected chi connectivity index (χ3v) is 3.32. The highest BCUT2D eigenvalue weighted by molar-refractivity contribution is 9.09. The van der Waals surface area contributed by atoms with Gasteiger partial charge in [0.1, 0.15) is 6.61 Å². The number of amides is 1. The minimum Gasteiger partial charge on any atom is -0.366 e. The number of likely N-dealkylation sites (tertiary alicyclic amines) is 1. The van der Waals surface area contributed by atoms with Crippen LogP contribution in [0.2, 0.25) is 0 Å². The molecule has 88 valence electrons. The molecule has 0 aromatic rings. The first-order valence-corrected chi connectivity index (χ1v) is 6.36. The van der Waals surface area contributed by atoms with Crippen LogP contribution < -0.4 is 0 Å². The molecule has 0 atom stereocenters. The molecule has 1 aliphatic rings. The first-order chi connectivity index (χ1) is 6.88. The van der Waals surface area contributed by atoms with E-state index in [1.807, 2.05) is 25.7 Å². The van der Waals surface area contributed by atoms with Crippen molar-refractivity contribution in [3.05, 3.63) is 0 Å². The second-order valence-electron chi connectivity index (χ2n) is 4.96. The molecule has 0 N–H and O–H groups in total. The molecule has 1 rings (SSSR count). The monoisotopic (exact) mass is 277 g/mol. The second-order valence-corrected chi connectivity index (χ2v) is 6.25. The van der Waals surface area contributed by atoms with Gasteiger partial charge < -0.3 is 9.64 Å². The van der Waals surface area contributed by atoms with E-state index in [2.05, 4.69) is 15.9 Å². The van der Waals surface area contributed by atoms with Gasteiger partial charge in [0, 0.05) is 17.9 Å². The Morgan fingerprint density at radius 3 is 2.40 bits per heavy atom. The van der Waals surface area contributed by atoms with Gasteiger partial charge in [-0.1, -0.05) is 15.9 Å². The van der Waals surface area contributed by atoms with Crippen LogP contribution in [-0.4, -0.2) is 40.9 Å². The normalized spacial score (nSPS) is 19.3. The van der Waals surface area contributed by atoms with Crippen molar-refractivity contribution >= 4 is 21.8 Å². The number of carbonyl (C=O) groups excluding carboxylic acids is 1. The highest BCUT2D eigenvalue weighted by Crippen LogP contribution is 2.17. The smallest absolute Gasteiger partial charge is 0.248 e. The third kappa shape index (κ3) is 4.98. The quantitative estimate of drug-likeness (QED) is 0.725. The molecule has 0 aromatic carbocycles. The van der Waals surface area contributed by atoms with E-state index in [1.54, 1.807) is 0 Å². The van der Waals surface area contributed by atoms with Crippen molar-refractivity contribution < 1.29 is 9.53 Å². The molecule has 0 unspecified atom stereocenters. The summed E-state index contributed by atoms with van der Waals surface area (Å²) in [5.41, 5.74) is -0.233. The molecular formula is C11H20BrNO2. The predicted molar refractivity (Wildman–Crippen MR) is 64.2 cm³/mol. The standard InChI is InChI=1S/C11H20BrNO2/c1-11(2,3)15-8-10(14)13-6-4-9(12)5-7-13/h9H,4-8H2,1-3H3. The number of alkyl halides is 1. The van der Waals surface area contributed by atoms with E-state index in [-0.39, 0.29) is 18.1 Å². The van der Waals surface area contributed by atoms with Gasteiger partial charge in [0.2, 0.25) is 5.91 Å². The Labute approximate surface area is 100 Å². The number of nitrogens with zero attached hydrogens (tertiary/aromatic N) is 1. The lowest BCUT2D eigenvalue weighted by molar-refractivity contribution is -0.141. The van der Waals surface area contributed by atoms with Crippen molar-refractivity contribution in [2.45, 2.75) is 44.0 Å². The van der Waals surface area contributed by atoms with Crippen molar-refractivity contribution in [1.29, 1.82) is 0 Å². The van der Waals surface area contributed by atoms with E-state index in [9.17, 15) is 4.79 Å². The van der Waals surface area contributed by atoms with Crippen molar-refractivity contribution in [2.75, 3.05) is 19.7 Å². The Balaban J connectivity index is 2.29. The highest BCUT2D eigenvalue weighted by Gasteiger charge is 2.22. The minimum absolute atomic E-state index is 0.115. The summed E-state index contributed by atoms with van der Waals surface area (Å²) in [6.07, 6.45) is 2.09. The van der Waals surface area contributed by atoms with Gasteiger partial charge in [0.15, 0.2) is 0 Å². The molecule has 4 heteroatoms. The minimum atomic E-state index is -0.233. The summed E-state index contributed by atoms with van der Waals surface area (Å²) < 4.78 is 5.47. The molecular weight excluding hydrogens is 258 g/mol. The topological polar surface area (TPSA) is 29.5 Å². The molecule has 1 saturated heterocycles. The maximum Gasteiger partial charge on any atom is 0.248 e. The largest absolute Gasteiger partial charge is 0.366 e. The fourth-order valence-electron chi connectivity index (χ4n) is 1.47. The molecule has 0 aliphatic carbocycles. The summed E-state index contributed by atoms with van der Waals surface area (Å²) in [6, 6.07) is 0. The van der Waals surface area contributed by atoms with Crippen LogP contribution in [0.3, 0.4) is 0 Å². The summed E-state index contributed by atoms with van der Waals surface area (Å²) in [4.78, 5) is 14.2. The van der Waals surface area contributed by atoms with Gasteiger partial charge in [-0.05, 0) is 33.6 Å². The summed E-state index contributed by atoms with van der Waals surface area (Å²) in [7, 11) is 0. The van der Waals surface area contributed by atoms with Crippen LogP contribution in [0, 0.1) is 0 Å². The predicted octanol–water partition coefficient (Wildman–Crippen LogP) is 2.19. The molecule has 0 bridgehead atoms. The summed E-state index contributed by atoms with van der Waals surface area (Å²) in [5.74, 6) is 0.115. The molecule has 1 aliphatic heterocycles. The molecule has 0 radical (unpaired) electrons. The zero-order valence-electron chi connectivity index (χ0n) is 9.75. The van der Waals surface area contributed by atoms with Crippen LogP contribution in [0.15, 0.2) is 0 Å². The van der Waals surface area contributed by atoms with E-state index < -0.39 is 0 Å². The van der Waals surface area contributed by atoms with Crippen LogP contribution in [0.1, 0.15) is 33.6 Å². The lowest BCUT2D eigenvalue weighted by Crippen LogP contribution is -2.41. The first kappa shape index (κ1) is 13.0. The fraction of sp³-hybridized carbons (Fsp3) is 0.909. The molecule has 0 spiro atoms. The number of rotatable bonds is 2. The van der Waals surface area contributed by atoms with E-state index in [0.29, 0.717) is 4.83 Å². The number of hydrogen-bond donors (Lipinski definition) is 0. The Kier molecular flexibility index (Phi) is 4.59. The van der Waals surface area contributed by atoms with Gasteiger partial charge in [-0.2, -0.15) is 0 Å². The average molecular weight is 278 g/mol. The van der Waals surface area contributed by atoms with E-state index in [4.69, 9.17) is 4.74 Å². The van der Waals surface area contributed by atoms with Gasteiger partial charge in [-0.15, -0.1) is 0 Å². The number of halogens is 1. The van der Waals surface area contributed by atoms with Gasteiger partial charge in [-0.3, -0.25) is 4.79 Å². The zero-order chi connectivity index (χ0) is 11.5. The maximum absolute atomic E-state index is 11.7. The van der Waals surface area contributed by atoms with Crippen LogP contribution in [0.25, 0.3) is 0 Å². The van der Waals surface area contributed by atoms with Crippen LogP contribution in [0.4, 0.5) is 0 Å². The summed E-state index contributed by atoms with van der Waals surface area (Å²) in [5, 5.41) is 0. The fourth-order valence-corrected chi connectivity index (χ4v) is 1.88. The van der Waals surface area contributed by atoms with Crippen LogP contribution >= 0.6 is 15.9 Å². The number of carbonyl (C=O) groups is 1. The molecule has 1 fully saturated rings. The van der Waals surface area contributed by atoms with Crippen molar-refractivity contribution in [3.8, 4) is 0 Å². The SMILES string of the molecule is CC(C)(C)OCC(=O)N1CCC(Br)CC1. The molecule has 0 saturated carbocycles. The first-order valence-electron chi connectivity index (χ1n) is 5.44. The molecule has 1 amide bonds. The number of piperidine rings is 1. The Hall–Kier alpha value is -0.0900. The lowest BCUT2D eigenvalue weighted by Gasteiger charge is -2.30. The van der Waals surface area contributed by atoms with Gasteiger partial charge in [-0.25, -0.2) is 0 Å². The molecule has 0 aromatic heterocycles. The third-order valence-electron chi connectivity index (χ3n) is 2.41. The highest BCUT2D eigenvalue weighted by atomic mass is 79.9. The number of hydrogen-bond acceptors (Lipinski definition) is 2. The maximum atomic E-state index is 11.7.